The van der Waals surface area contributed by atoms with E-state index in [1.165, 1.54) is 23.9 Å². The standard InChI is InChI=1S/C19H17Cl3N4O2S/c1-10(18(27)23-16-14(21)7-12(20)8-15(16)22)29-19-25-24-17(11-4-5-11)26(19)9-13-3-2-6-28-13/h2-3,6-8,10-11H,4-5,9H2,1H3,(H,23,27). The Morgan fingerprint density at radius 2 is 2.03 bits per heavy atom. The highest BCUT2D eigenvalue weighted by molar-refractivity contribution is 8.00. The first-order valence-electron chi connectivity index (χ1n) is 9.00. The van der Waals surface area contributed by atoms with E-state index in [2.05, 4.69) is 15.5 Å². The van der Waals surface area contributed by atoms with Crippen molar-refractivity contribution >= 4 is 58.2 Å². The van der Waals surface area contributed by atoms with Crippen molar-refractivity contribution in [3.63, 3.8) is 0 Å². The van der Waals surface area contributed by atoms with E-state index in [1.54, 1.807) is 13.2 Å². The van der Waals surface area contributed by atoms with Crippen molar-refractivity contribution < 1.29 is 9.21 Å². The number of benzene rings is 1. The minimum Gasteiger partial charge on any atom is -0.467 e. The van der Waals surface area contributed by atoms with Gasteiger partial charge < -0.3 is 9.73 Å². The van der Waals surface area contributed by atoms with Crippen molar-refractivity contribution in [1.82, 2.24) is 14.8 Å². The number of thioether (sulfide) groups is 1. The van der Waals surface area contributed by atoms with Crippen LogP contribution in [0.1, 0.15) is 37.3 Å². The van der Waals surface area contributed by atoms with Crippen LogP contribution in [0.5, 0.6) is 0 Å². The van der Waals surface area contributed by atoms with E-state index >= 15 is 0 Å². The molecule has 10 heteroatoms. The van der Waals surface area contributed by atoms with E-state index < -0.39 is 5.25 Å². The molecular weight excluding hydrogens is 455 g/mol. The maximum Gasteiger partial charge on any atom is 0.237 e. The zero-order valence-electron chi connectivity index (χ0n) is 15.4. The first-order valence-corrected chi connectivity index (χ1v) is 11.0. The summed E-state index contributed by atoms with van der Waals surface area (Å²) in [4.78, 5) is 12.7. The Hall–Kier alpha value is -1.67. The summed E-state index contributed by atoms with van der Waals surface area (Å²) in [5, 5.41) is 12.6. The third-order valence-electron chi connectivity index (χ3n) is 4.49. The number of nitrogens with zero attached hydrogens (tertiary/aromatic N) is 3. The molecule has 1 atom stereocenters. The summed E-state index contributed by atoms with van der Waals surface area (Å²) in [5.74, 6) is 1.91. The highest BCUT2D eigenvalue weighted by atomic mass is 35.5. The minimum atomic E-state index is -0.454. The summed E-state index contributed by atoms with van der Waals surface area (Å²) >= 11 is 19.6. The van der Waals surface area contributed by atoms with Crippen molar-refractivity contribution in [1.29, 1.82) is 0 Å². The maximum atomic E-state index is 12.7. The highest BCUT2D eigenvalue weighted by Gasteiger charge is 2.31. The lowest BCUT2D eigenvalue weighted by molar-refractivity contribution is -0.115. The van der Waals surface area contributed by atoms with Crippen molar-refractivity contribution in [2.45, 2.75) is 42.6 Å². The van der Waals surface area contributed by atoms with Gasteiger partial charge in [-0.15, -0.1) is 10.2 Å². The predicted molar refractivity (Wildman–Crippen MR) is 115 cm³/mol. The highest BCUT2D eigenvalue weighted by Crippen LogP contribution is 2.41. The number of aromatic nitrogens is 3. The summed E-state index contributed by atoms with van der Waals surface area (Å²) in [6, 6.07) is 6.82. The monoisotopic (exact) mass is 470 g/mol. The fraction of sp³-hybridized carbons (Fsp3) is 0.316. The largest absolute Gasteiger partial charge is 0.467 e. The Bertz CT molecular complexity index is 1010. The molecule has 1 amide bonds. The number of nitrogens with one attached hydrogen (secondary N) is 1. The van der Waals surface area contributed by atoms with Crippen LogP contribution in [0.4, 0.5) is 5.69 Å². The Labute approximate surface area is 186 Å². The Morgan fingerprint density at radius 3 is 2.66 bits per heavy atom. The predicted octanol–water partition coefficient (Wildman–Crippen LogP) is 5.88. The molecular formula is C19H17Cl3N4O2S. The molecule has 3 aromatic rings. The average Bonchev–Trinajstić information content (AvgIpc) is 3.24. The zero-order chi connectivity index (χ0) is 20.5. The van der Waals surface area contributed by atoms with Crippen LogP contribution in [0, 0.1) is 0 Å². The molecule has 0 bridgehead atoms. The molecule has 2 aromatic heterocycles. The molecule has 152 valence electrons. The van der Waals surface area contributed by atoms with Gasteiger partial charge in [-0.2, -0.15) is 0 Å². The molecule has 0 saturated heterocycles. The van der Waals surface area contributed by atoms with E-state index in [-0.39, 0.29) is 16.0 Å². The molecule has 6 nitrogen and oxygen atoms in total. The van der Waals surface area contributed by atoms with Crippen LogP contribution in [-0.2, 0) is 11.3 Å². The molecule has 4 rings (SSSR count). The first kappa shape index (κ1) is 20.6. The number of carbonyl (C=O) groups is 1. The quantitative estimate of drug-likeness (QED) is 0.436. The molecule has 2 heterocycles. The second-order valence-electron chi connectivity index (χ2n) is 6.77. The molecule has 0 spiro atoms. The van der Waals surface area contributed by atoms with E-state index in [4.69, 9.17) is 39.2 Å². The zero-order valence-corrected chi connectivity index (χ0v) is 18.4. The smallest absolute Gasteiger partial charge is 0.237 e. The number of carbonyl (C=O) groups excluding carboxylic acids is 1. The number of furan rings is 1. The van der Waals surface area contributed by atoms with Gasteiger partial charge in [0.2, 0.25) is 5.91 Å². The van der Waals surface area contributed by atoms with E-state index in [0.29, 0.717) is 28.3 Å². The minimum absolute atomic E-state index is 0.248. The molecule has 0 aliphatic heterocycles. The van der Waals surface area contributed by atoms with Crippen LogP contribution in [-0.4, -0.2) is 25.9 Å². The number of hydrogen-bond donors (Lipinski definition) is 1. The average molecular weight is 472 g/mol. The van der Waals surface area contributed by atoms with Gasteiger partial charge in [0.25, 0.3) is 0 Å². The molecule has 1 unspecified atom stereocenters. The number of rotatable bonds is 7. The number of amides is 1. The van der Waals surface area contributed by atoms with Gasteiger partial charge in [0, 0.05) is 10.9 Å². The van der Waals surface area contributed by atoms with Crippen molar-refractivity contribution in [3.05, 3.63) is 57.2 Å². The number of anilines is 1. The van der Waals surface area contributed by atoms with Gasteiger partial charge in [-0.05, 0) is 44.0 Å². The topological polar surface area (TPSA) is 73.0 Å². The lowest BCUT2D eigenvalue weighted by Gasteiger charge is -2.15. The lowest BCUT2D eigenvalue weighted by Crippen LogP contribution is -2.23. The fourth-order valence-corrected chi connectivity index (χ4v) is 4.60. The van der Waals surface area contributed by atoms with Crippen LogP contribution >= 0.6 is 46.6 Å². The molecule has 1 aromatic carbocycles. The maximum absolute atomic E-state index is 12.7. The van der Waals surface area contributed by atoms with Crippen molar-refractivity contribution in [2.24, 2.45) is 0 Å². The second kappa shape index (κ2) is 8.60. The Kier molecular flexibility index (Phi) is 6.11. The number of halogens is 3. The van der Waals surface area contributed by atoms with Crippen molar-refractivity contribution in [3.8, 4) is 0 Å². The van der Waals surface area contributed by atoms with E-state index in [1.807, 2.05) is 16.7 Å². The fourth-order valence-electron chi connectivity index (χ4n) is 2.84. The third-order valence-corrected chi connectivity index (χ3v) is 6.38. The third kappa shape index (κ3) is 4.74. The normalized spacial score (nSPS) is 14.8. The molecule has 1 aliphatic carbocycles. The lowest BCUT2D eigenvalue weighted by atomic mass is 10.3. The van der Waals surface area contributed by atoms with Gasteiger partial charge in [0.15, 0.2) is 5.16 Å². The molecule has 0 radical (unpaired) electrons. The summed E-state index contributed by atoms with van der Waals surface area (Å²) in [5.41, 5.74) is 0.339. The van der Waals surface area contributed by atoms with Gasteiger partial charge in [0.1, 0.15) is 11.6 Å². The summed E-state index contributed by atoms with van der Waals surface area (Å²) in [7, 11) is 0. The molecule has 1 fully saturated rings. The van der Waals surface area contributed by atoms with Crippen LogP contribution < -0.4 is 5.32 Å². The van der Waals surface area contributed by atoms with Crippen LogP contribution in [0.2, 0.25) is 15.1 Å². The SMILES string of the molecule is CC(Sc1nnc(C2CC2)n1Cc1ccco1)C(=O)Nc1c(Cl)cc(Cl)cc1Cl. The van der Waals surface area contributed by atoms with Gasteiger partial charge in [0.05, 0.1) is 33.8 Å². The van der Waals surface area contributed by atoms with Gasteiger partial charge >= 0.3 is 0 Å². The van der Waals surface area contributed by atoms with Gasteiger partial charge in [-0.1, -0.05) is 46.6 Å². The second-order valence-corrected chi connectivity index (χ2v) is 9.33. The molecule has 1 saturated carbocycles. The molecule has 29 heavy (non-hydrogen) atoms. The molecule has 1 aliphatic rings. The van der Waals surface area contributed by atoms with Crippen LogP contribution in [0.25, 0.3) is 0 Å². The Balaban J connectivity index is 1.51. The summed E-state index contributed by atoms with van der Waals surface area (Å²) < 4.78 is 7.50. The summed E-state index contributed by atoms with van der Waals surface area (Å²) in [6.45, 7) is 2.32. The van der Waals surface area contributed by atoms with E-state index in [0.717, 1.165) is 24.4 Å². The molecule has 1 N–H and O–H groups in total. The van der Waals surface area contributed by atoms with Crippen LogP contribution in [0.3, 0.4) is 0 Å². The van der Waals surface area contributed by atoms with Gasteiger partial charge in [-0.3, -0.25) is 9.36 Å². The van der Waals surface area contributed by atoms with Gasteiger partial charge in [-0.25, -0.2) is 0 Å². The first-order chi connectivity index (χ1) is 13.9. The van der Waals surface area contributed by atoms with Crippen LogP contribution in [0.15, 0.2) is 40.1 Å². The van der Waals surface area contributed by atoms with E-state index in [9.17, 15) is 4.79 Å². The number of hydrogen-bond acceptors (Lipinski definition) is 5. The van der Waals surface area contributed by atoms with Crippen molar-refractivity contribution in [2.75, 3.05) is 5.32 Å². The summed E-state index contributed by atoms with van der Waals surface area (Å²) in [6.07, 6.45) is 3.84. The Morgan fingerprint density at radius 1 is 1.31 bits per heavy atom.